The number of cyclic esters (lactones) is 1. The van der Waals surface area contributed by atoms with Crippen LogP contribution in [0.15, 0.2) is 83.5 Å². The molecule has 3 aromatic carbocycles. The molecule has 0 spiro atoms. The van der Waals surface area contributed by atoms with E-state index < -0.39 is 5.97 Å². The number of aryl methyl sites for hydroxylation is 1. The van der Waals surface area contributed by atoms with Crippen LogP contribution in [-0.4, -0.2) is 11.9 Å². The third-order valence-corrected chi connectivity index (χ3v) is 4.44. The van der Waals surface area contributed by atoms with Crippen molar-refractivity contribution in [3.63, 3.8) is 0 Å². The Balaban J connectivity index is 1.56. The van der Waals surface area contributed by atoms with Crippen LogP contribution in [0, 0.1) is 12.7 Å². The maximum Gasteiger partial charge on any atom is 0.363 e. The molecule has 3 aromatic rings. The highest BCUT2D eigenvalue weighted by atomic mass is 19.1. The van der Waals surface area contributed by atoms with Gasteiger partial charge in [0, 0.05) is 11.1 Å². The Morgan fingerprint density at radius 1 is 1.00 bits per heavy atom. The lowest BCUT2D eigenvalue weighted by Gasteiger charge is -2.09. The minimum atomic E-state index is -0.558. The fraction of sp³-hybridized carbons (Fsp3) is 0.0833. The first kappa shape index (κ1) is 18.6. The number of benzene rings is 3. The largest absolute Gasteiger partial charge is 0.488 e. The van der Waals surface area contributed by atoms with Crippen LogP contribution in [0.4, 0.5) is 4.39 Å². The van der Waals surface area contributed by atoms with E-state index in [-0.39, 0.29) is 17.4 Å². The number of esters is 1. The number of nitrogens with zero attached hydrogens (tertiary/aromatic N) is 1. The first-order chi connectivity index (χ1) is 14.1. The van der Waals surface area contributed by atoms with Gasteiger partial charge in [0.1, 0.15) is 18.2 Å². The molecule has 0 aliphatic carbocycles. The van der Waals surface area contributed by atoms with Crippen molar-refractivity contribution in [3.8, 4) is 5.75 Å². The Labute approximate surface area is 167 Å². The van der Waals surface area contributed by atoms with Crippen LogP contribution in [0.5, 0.6) is 5.75 Å². The Morgan fingerprint density at radius 3 is 2.48 bits per heavy atom. The summed E-state index contributed by atoms with van der Waals surface area (Å²) < 4.78 is 24.3. The van der Waals surface area contributed by atoms with Gasteiger partial charge in [0.05, 0.1) is 0 Å². The molecule has 4 rings (SSSR count). The topological polar surface area (TPSA) is 47.9 Å². The molecule has 4 nitrogen and oxygen atoms in total. The molecule has 144 valence electrons. The van der Waals surface area contributed by atoms with Gasteiger partial charge in [0.15, 0.2) is 5.70 Å². The van der Waals surface area contributed by atoms with Gasteiger partial charge in [-0.1, -0.05) is 48.0 Å². The fourth-order valence-electron chi connectivity index (χ4n) is 2.85. The van der Waals surface area contributed by atoms with Gasteiger partial charge in [-0.2, -0.15) is 0 Å². The zero-order valence-electron chi connectivity index (χ0n) is 15.8. The van der Waals surface area contributed by atoms with E-state index in [1.807, 2.05) is 55.5 Å². The maximum absolute atomic E-state index is 13.1. The van der Waals surface area contributed by atoms with Gasteiger partial charge in [-0.15, -0.1) is 0 Å². The zero-order chi connectivity index (χ0) is 20.2. The predicted octanol–water partition coefficient (Wildman–Crippen LogP) is 5.06. The van der Waals surface area contributed by atoms with Gasteiger partial charge < -0.3 is 9.47 Å². The molecule has 0 unspecified atom stereocenters. The predicted molar refractivity (Wildman–Crippen MR) is 109 cm³/mol. The van der Waals surface area contributed by atoms with E-state index in [0.29, 0.717) is 17.9 Å². The van der Waals surface area contributed by atoms with E-state index >= 15 is 0 Å². The second-order valence-electron chi connectivity index (χ2n) is 6.66. The second kappa shape index (κ2) is 8.10. The second-order valence-corrected chi connectivity index (χ2v) is 6.66. The van der Waals surface area contributed by atoms with E-state index in [9.17, 15) is 9.18 Å². The molecule has 1 aliphatic rings. The lowest BCUT2D eigenvalue weighted by atomic mass is 10.1. The van der Waals surface area contributed by atoms with Crippen molar-refractivity contribution < 1.29 is 18.7 Å². The summed E-state index contributed by atoms with van der Waals surface area (Å²) >= 11 is 0. The van der Waals surface area contributed by atoms with Crippen molar-refractivity contribution in [1.29, 1.82) is 0 Å². The summed E-state index contributed by atoms with van der Waals surface area (Å²) in [5.41, 5.74) is 3.65. The van der Waals surface area contributed by atoms with Gasteiger partial charge >= 0.3 is 5.97 Å². The molecule has 0 atom stereocenters. The van der Waals surface area contributed by atoms with Crippen molar-refractivity contribution in [2.45, 2.75) is 13.5 Å². The lowest BCUT2D eigenvalue weighted by molar-refractivity contribution is -0.129. The minimum Gasteiger partial charge on any atom is -0.488 e. The van der Waals surface area contributed by atoms with Crippen LogP contribution < -0.4 is 4.74 Å². The third kappa shape index (κ3) is 4.41. The number of hydrogen-bond acceptors (Lipinski definition) is 4. The Hall–Kier alpha value is -3.73. The summed E-state index contributed by atoms with van der Waals surface area (Å²) in [5.74, 6) is -0.134. The molecule has 0 saturated heterocycles. The van der Waals surface area contributed by atoms with Gasteiger partial charge in [0.25, 0.3) is 0 Å². The number of carbonyl (C=O) groups is 1. The molecular formula is C24H18FNO3. The number of ether oxygens (including phenoxy) is 2. The van der Waals surface area contributed by atoms with Gasteiger partial charge in [0.2, 0.25) is 5.90 Å². The Kier molecular flexibility index (Phi) is 5.20. The molecule has 1 heterocycles. The third-order valence-electron chi connectivity index (χ3n) is 4.44. The summed E-state index contributed by atoms with van der Waals surface area (Å²) in [6.45, 7) is 2.45. The summed E-state index contributed by atoms with van der Waals surface area (Å²) in [5, 5.41) is 0. The quantitative estimate of drug-likeness (QED) is 0.454. The van der Waals surface area contributed by atoms with Gasteiger partial charge in [-0.25, -0.2) is 14.2 Å². The van der Waals surface area contributed by atoms with Crippen LogP contribution in [0.2, 0.25) is 0 Å². The molecular weight excluding hydrogens is 369 g/mol. The Bertz CT molecular complexity index is 1100. The average Bonchev–Trinajstić information content (AvgIpc) is 3.09. The van der Waals surface area contributed by atoms with E-state index in [4.69, 9.17) is 9.47 Å². The summed E-state index contributed by atoms with van der Waals surface area (Å²) in [4.78, 5) is 16.5. The zero-order valence-corrected chi connectivity index (χ0v) is 15.8. The molecule has 1 aliphatic heterocycles. The van der Waals surface area contributed by atoms with Crippen molar-refractivity contribution >= 4 is 17.9 Å². The first-order valence-electron chi connectivity index (χ1n) is 9.14. The van der Waals surface area contributed by atoms with E-state index in [1.165, 1.54) is 29.8 Å². The first-order valence-corrected chi connectivity index (χ1v) is 9.14. The number of aliphatic imine (C=N–C) groups is 1. The minimum absolute atomic E-state index is 0.152. The van der Waals surface area contributed by atoms with E-state index in [1.54, 1.807) is 6.08 Å². The molecule has 0 N–H and O–H groups in total. The number of para-hydroxylation sites is 1. The lowest BCUT2D eigenvalue weighted by Crippen LogP contribution is -2.05. The Morgan fingerprint density at radius 2 is 1.72 bits per heavy atom. The van der Waals surface area contributed by atoms with E-state index in [0.717, 1.165) is 11.1 Å². The van der Waals surface area contributed by atoms with Crippen LogP contribution >= 0.6 is 0 Å². The standard InChI is InChI=1S/C24H18FNO3/c1-16-6-8-17(9-7-16)15-28-22-5-3-2-4-19(22)14-21-24(27)29-23(26-21)18-10-12-20(25)13-11-18/h2-14H,15H2,1H3/b21-14+. The molecule has 0 radical (unpaired) electrons. The highest BCUT2D eigenvalue weighted by Crippen LogP contribution is 2.25. The van der Waals surface area contributed by atoms with Gasteiger partial charge in [-0.05, 0) is 48.9 Å². The molecule has 0 aromatic heterocycles. The van der Waals surface area contributed by atoms with E-state index in [2.05, 4.69) is 4.99 Å². The highest BCUT2D eigenvalue weighted by molar-refractivity contribution is 6.12. The maximum atomic E-state index is 13.1. The normalized spacial score (nSPS) is 14.6. The van der Waals surface area contributed by atoms with Crippen LogP contribution in [0.3, 0.4) is 0 Å². The number of halogens is 1. The van der Waals surface area contributed by atoms with Crippen LogP contribution in [-0.2, 0) is 16.1 Å². The summed E-state index contributed by atoms with van der Waals surface area (Å²) in [6.07, 6.45) is 1.63. The van der Waals surface area contributed by atoms with Crippen LogP contribution in [0.1, 0.15) is 22.3 Å². The monoisotopic (exact) mass is 387 g/mol. The number of rotatable bonds is 5. The number of carbonyl (C=O) groups excluding carboxylic acids is 1. The van der Waals surface area contributed by atoms with Crippen LogP contribution in [0.25, 0.3) is 6.08 Å². The SMILES string of the molecule is Cc1ccc(COc2ccccc2/C=C2/N=C(c3ccc(F)cc3)OC2=O)cc1. The molecule has 0 saturated carbocycles. The van der Waals surface area contributed by atoms with Gasteiger partial charge in [-0.3, -0.25) is 0 Å². The summed E-state index contributed by atoms with van der Waals surface area (Å²) in [7, 11) is 0. The average molecular weight is 387 g/mol. The smallest absolute Gasteiger partial charge is 0.363 e. The molecule has 5 heteroatoms. The highest BCUT2D eigenvalue weighted by Gasteiger charge is 2.24. The summed E-state index contributed by atoms with van der Waals surface area (Å²) in [6, 6.07) is 21.1. The molecule has 0 bridgehead atoms. The molecule has 29 heavy (non-hydrogen) atoms. The van der Waals surface area contributed by atoms with Crippen molar-refractivity contribution in [2.24, 2.45) is 4.99 Å². The number of hydrogen-bond donors (Lipinski definition) is 0. The van der Waals surface area contributed by atoms with Crippen molar-refractivity contribution in [2.75, 3.05) is 0 Å². The molecule has 0 fully saturated rings. The van der Waals surface area contributed by atoms with Crippen molar-refractivity contribution in [3.05, 3.63) is 107 Å². The fourth-order valence-corrected chi connectivity index (χ4v) is 2.85. The van der Waals surface area contributed by atoms with Crippen molar-refractivity contribution in [1.82, 2.24) is 0 Å². The molecule has 0 amide bonds.